The summed E-state index contributed by atoms with van der Waals surface area (Å²) in [6.07, 6.45) is 3.70. The summed E-state index contributed by atoms with van der Waals surface area (Å²) in [5.41, 5.74) is 0.148. The van der Waals surface area contributed by atoms with Gasteiger partial charge in [0.15, 0.2) is 0 Å². The molecule has 1 saturated carbocycles. The third kappa shape index (κ3) is 3.25. The predicted molar refractivity (Wildman–Crippen MR) is 64.7 cm³/mol. The third-order valence-corrected chi connectivity index (χ3v) is 3.35. The van der Waals surface area contributed by atoms with Crippen LogP contribution in [0.15, 0.2) is 18.2 Å². The van der Waals surface area contributed by atoms with Gasteiger partial charge < -0.3 is 5.32 Å². The molecule has 17 heavy (non-hydrogen) atoms. The first-order valence-electron chi connectivity index (χ1n) is 6.28. The predicted octanol–water partition coefficient (Wildman–Crippen LogP) is 3.80. The normalized spacial score (nSPS) is 19.1. The number of rotatable bonds is 5. The zero-order valence-electron chi connectivity index (χ0n) is 10.3. The molecule has 2 atom stereocenters. The second-order valence-electron chi connectivity index (χ2n) is 5.10. The lowest BCUT2D eigenvalue weighted by Crippen LogP contribution is -2.30. The van der Waals surface area contributed by atoms with E-state index < -0.39 is 11.6 Å². The Hall–Kier alpha value is -0.960. The fourth-order valence-corrected chi connectivity index (χ4v) is 2.36. The highest BCUT2D eigenvalue weighted by molar-refractivity contribution is 5.22. The van der Waals surface area contributed by atoms with Crippen LogP contribution in [0.4, 0.5) is 8.78 Å². The molecule has 0 radical (unpaired) electrons. The number of halogens is 2. The first kappa shape index (κ1) is 12.5. The second kappa shape index (κ2) is 5.13. The van der Waals surface area contributed by atoms with E-state index in [4.69, 9.17) is 0 Å². The van der Waals surface area contributed by atoms with Crippen molar-refractivity contribution in [2.24, 2.45) is 5.92 Å². The smallest absolute Gasteiger partial charge is 0.130 e. The van der Waals surface area contributed by atoms with Crippen molar-refractivity contribution in [3.8, 4) is 0 Å². The topological polar surface area (TPSA) is 12.0 Å². The molecule has 2 unspecified atom stereocenters. The van der Waals surface area contributed by atoms with Crippen molar-refractivity contribution in [1.29, 1.82) is 0 Å². The van der Waals surface area contributed by atoms with Crippen molar-refractivity contribution in [3.05, 3.63) is 35.4 Å². The van der Waals surface area contributed by atoms with Crippen LogP contribution in [-0.2, 0) is 0 Å². The van der Waals surface area contributed by atoms with Crippen molar-refractivity contribution < 1.29 is 8.78 Å². The SMILES string of the molecule is CC(CC1CC1)NC(C)c1c(F)cccc1F. The Kier molecular flexibility index (Phi) is 3.77. The van der Waals surface area contributed by atoms with Crippen molar-refractivity contribution in [1.82, 2.24) is 5.32 Å². The fourth-order valence-electron chi connectivity index (χ4n) is 2.36. The molecule has 0 bridgehead atoms. The molecule has 3 heteroatoms. The Labute approximate surface area is 101 Å². The van der Waals surface area contributed by atoms with Crippen molar-refractivity contribution in [3.63, 3.8) is 0 Å². The van der Waals surface area contributed by atoms with Gasteiger partial charge in [-0.05, 0) is 38.3 Å². The zero-order chi connectivity index (χ0) is 12.4. The lowest BCUT2D eigenvalue weighted by atomic mass is 10.0. The molecule has 0 spiro atoms. The number of hydrogen-bond donors (Lipinski definition) is 1. The molecule has 1 N–H and O–H groups in total. The van der Waals surface area contributed by atoms with Gasteiger partial charge in [0, 0.05) is 17.6 Å². The Morgan fingerprint density at radius 3 is 2.35 bits per heavy atom. The van der Waals surface area contributed by atoms with Gasteiger partial charge in [0.2, 0.25) is 0 Å². The van der Waals surface area contributed by atoms with E-state index in [0.717, 1.165) is 12.3 Å². The third-order valence-electron chi connectivity index (χ3n) is 3.35. The van der Waals surface area contributed by atoms with Crippen LogP contribution in [-0.4, -0.2) is 6.04 Å². The van der Waals surface area contributed by atoms with Gasteiger partial charge in [0.05, 0.1) is 0 Å². The van der Waals surface area contributed by atoms with Crippen LogP contribution in [0.5, 0.6) is 0 Å². The Balaban J connectivity index is 2.00. The summed E-state index contributed by atoms with van der Waals surface area (Å²) in [7, 11) is 0. The second-order valence-corrected chi connectivity index (χ2v) is 5.10. The van der Waals surface area contributed by atoms with Gasteiger partial charge in [-0.3, -0.25) is 0 Å². The van der Waals surface area contributed by atoms with Crippen LogP contribution in [0.2, 0.25) is 0 Å². The summed E-state index contributed by atoms with van der Waals surface area (Å²) >= 11 is 0. The van der Waals surface area contributed by atoms with Crippen LogP contribution < -0.4 is 5.32 Å². The molecule has 0 saturated heterocycles. The minimum absolute atomic E-state index is 0.148. The van der Waals surface area contributed by atoms with Gasteiger partial charge in [-0.1, -0.05) is 18.9 Å². The average molecular weight is 239 g/mol. The fraction of sp³-hybridized carbons (Fsp3) is 0.571. The summed E-state index contributed by atoms with van der Waals surface area (Å²) in [6, 6.07) is 4.03. The van der Waals surface area contributed by atoms with Crippen molar-refractivity contribution >= 4 is 0 Å². The number of hydrogen-bond acceptors (Lipinski definition) is 1. The molecular weight excluding hydrogens is 220 g/mol. The summed E-state index contributed by atoms with van der Waals surface area (Å²) in [4.78, 5) is 0. The molecule has 1 aliphatic rings. The molecule has 94 valence electrons. The lowest BCUT2D eigenvalue weighted by Gasteiger charge is -2.21. The van der Waals surface area contributed by atoms with Crippen LogP contribution in [0.25, 0.3) is 0 Å². The molecule has 1 nitrogen and oxygen atoms in total. The van der Waals surface area contributed by atoms with E-state index in [9.17, 15) is 8.78 Å². The summed E-state index contributed by atoms with van der Waals surface area (Å²) in [5, 5.41) is 3.27. The maximum absolute atomic E-state index is 13.5. The van der Waals surface area contributed by atoms with E-state index in [0.29, 0.717) is 6.04 Å². The Bertz CT molecular complexity index is 368. The van der Waals surface area contributed by atoms with Crippen molar-refractivity contribution in [2.45, 2.75) is 45.2 Å². The van der Waals surface area contributed by atoms with Crippen LogP contribution in [0.3, 0.4) is 0 Å². The lowest BCUT2D eigenvalue weighted by molar-refractivity contribution is 0.415. The van der Waals surface area contributed by atoms with Gasteiger partial charge in [0.25, 0.3) is 0 Å². The monoisotopic (exact) mass is 239 g/mol. The largest absolute Gasteiger partial charge is 0.307 e. The Morgan fingerprint density at radius 2 is 1.82 bits per heavy atom. The molecule has 0 amide bonds. The molecule has 0 heterocycles. The molecule has 0 aromatic heterocycles. The number of benzene rings is 1. The highest BCUT2D eigenvalue weighted by atomic mass is 19.1. The Morgan fingerprint density at radius 1 is 1.24 bits per heavy atom. The molecule has 0 aliphatic heterocycles. The highest BCUT2D eigenvalue weighted by Gasteiger charge is 2.25. The molecule has 1 aromatic carbocycles. The molecular formula is C14H19F2N. The summed E-state index contributed by atoms with van der Waals surface area (Å²) < 4.78 is 27.1. The first-order chi connectivity index (χ1) is 8.08. The van der Waals surface area contributed by atoms with Gasteiger partial charge in [-0.2, -0.15) is 0 Å². The van der Waals surface area contributed by atoms with E-state index >= 15 is 0 Å². The quantitative estimate of drug-likeness (QED) is 0.824. The first-order valence-corrected chi connectivity index (χ1v) is 6.28. The van der Waals surface area contributed by atoms with Crippen LogP contribution >= 0.6 is 0 Å². The van der Waals surface area contributed by atoms with Crippen LogP contribution in [0.1, 0.15) is 44.7 Å². The average Bonchev–Trinajstić information content (AvgIpc) is 3.00. The van der Waals surface area contributed by atoms with Gasteiger partial charge in [-0.25, -0.2) is 8.78 Å². The molecule has 1 aromatic rings. The van der Waals surface area contributed by atoms with Crippen LogP contribution in [0, 0.1) is 17.6 Å². The van der Waals surface area contributed by atoms with E-state index in [1.54, 1.807) is 0 Å². The highest BCUT2D eigenvalue weighted by Crippen LogP contribution is 2.34. The van der Waals surface area contributed by atoms with Gasteiger partial charge >= 0.3 is 0 Å². The van der Waals surface area contributed by atoms with Crippen molar-refractivity contribution in [2.75, 3.05) is 0 Å². The minimum atomic E-state index is -0.469. The summed E-state index contributed by atoms with van der Waals surface area (Å²) in [5.74, 6) is -0.123. The zero-order valence-corrected chi connectivity index (χ0v) is 10.3. The minimum Gasteiger partial charge on any atom is -0.307 e. The van der Waals surface area contributed by atoms with E-state index in [1.807, 2.05) is 6.92 Å². The van der Waals surface area contributed by atoms with E-state index in [-0.39, 0.29) is 11.6 Å². The maximum atomic E-state index is 13.5. The van der Waals surface area contributed by atoms with Gasteiger partial charge in [-0.15, -0.1) is 0 Å². The summed E-state index contributed by atoms with van der Waals surface area (Å²) in [6.45, 7) is 3.89. The molecule has 1 fully saturated rings. The van der Waals surface area contributed by atoms with E-state index in [1.165, 1.54) is 31.0 Å². The number of nitrogens with one attached hydrogen (secondary N) is 1. The molecule has 2 rings (SSSR count). The standard InChI is InChI=1S/C14H19F2N/c1-9(8-11-6-7-11)17-10(2)14-12(15)4-3-5-13(14)16/h3-5,9-11,17H,6-8H2,1-2H3. The molecule has 1 aliphatic carbocycles. The maximum Gasteiger partial charge on any atom is 0.130 e. The van der Waals surface area contributed by atoms with Gasteiger partial charge in [0.1, 0.15) is 11.6 Å². The van der Waals surface area contributed by atoms with E-state index in [2.05, 4.69) is 12.2 Å².